The summed E-state index contributed by atoms with van der Waals surface area (Å²) in [5.41, 5.74) is -4.64. The molecule has 0 atom stereocenters. The molecule has 0 spiro atoms. The molecule has 19 heavy (non-hydrogen) atoms. The van der Waals surface area contributed by atoms with Gasteiger partial charge in [-0.25, -0.2) is 13.1 Å². The average Bonchev–Trinajstić information content (AvgIpc) is 2.74. The van der Waals surface area contributed by atoms with Crippen molar-refractivity contribution in [1.29, 1.82) is 0 Å². The second-order valence-corrected chi connectivity index (χ2v) is 5.54. The van der Waals surface area contributed by atoms with Crippen LogP contribution >= 0.6 is 0 Å². The molecule has 0 saturated heterocycles. The summed E-state index contributed by atoms with van der Waals surface area (Å²) in [4.78, 5) is 0. The monoisotopic (exact) mass is 297 g/mol. The molecule has 1 aliphatic rings. The standard InChI is InChI=1S/C10H10F3NO4S/c11-10(12,13)19(15,16)14-4-3-7-1-2-8-9(5-7)18-6-17-8/h1-2,5,14H,3-4,6H2. The second-order valence-electron chi connectivity index (χ2n) is 3.78. The molecular formula is C10H10F3NO4S. The molecule has 1 aliphatic heterocycles. The van der Waals surface area contributed by atoms with Crippen LogP contribution in [0.25, 0.3) is 0 Å². The van der Waals surface area contributed by atoms with Crippen LogP contribution in [0.15, 0.2) is 18.2 Å². The van der Waals surface area contributed by atoms with Crippen LogP contribution in [0, 0.1) is 0 Å². The average molecular weight is 297 g/mol. The number of ether oxygens (including phenoxy) is 2. The fraction of sp³-hybridized carbons (Fsp3) is 0.400. The number of rotatable bonds is 4. The third-order valence-electron chi connectivity index (χ3n) is 2.45. The van der Waals surface area contributed by atoms with Crippen LogP contribution < -0.4 is 14.2 Å². The molecule has 0 radical (unpaired) electrons. The van der Waals surface area contributed by atoms with Gasteiger partial charge in [0.25, 0.3) is 0 Å². The Morgan fingerprint density at radius 2 is 1.89 bits per heavy atom. The number of halogens is 3. The van der Waals surface area contributed by atoms with Crippen LogP contribution in [0.5, 0.6) is 11.5 Å². The molecule has 0 amide bonds. The van der Waals surface area contributed by atoms with E-state index in [1.54, 1.807) is 18.2 Å². The molecule has 0 aromatic heterocycles. The van der Waals surface area contributed by atoms with Crippen molar-refractivity contribution in [3.05, 3.63) is 23.8 Å². The quantitative estimate of drug-likeness (QED) is 0.912. The number of hydrogen-bond donors (Lipinski definition) is 1. The van der Waals surface area contributed by atoms with Crippen LogP contribution in [-0.2, 0) is 16.4 Å². The first-order valence-corrected chi connectivity index (χ1v) is 6.72. The molecule has 1 heterocycles. The lowest BCUT2D eigenvalue weighted by atomic mass is 10.1. The van der Waals surface area contributed by atoms with Crippen molar-refractivity contribution in [2.45, 2.75) is 11.9 Å². The Kier molecular flexibility index (Phi) is 3.59. The third kappa shape index (κ3) is 3.10. The Morgan fingerprint density at radius 3 is 2.58 bits per heavy atom. The predicted octanol–water partition coefficient (Wildman–Crippen LogP) is 1.40. The zero-order chi connectivity index (χ0) is 14.1. The van der Waals surface area contributed by atoms with Crippen molar-refractivity contribution in [3.8, 4) is 11.5 Å². The molecule has 0 unspecified atom stereocenters. The van der Waals surface area contributed by atoms with Gasteiger partial charge in [0.1, 0.15) is 0 Å². The predicted molar refractivity (Wildman–Crippen MR) is 59.2 cm³/mol. The molecule has 0 fully saturated rings. The van der Waals surface area contributed by atoms with E-state index in [0.29, 0.717) is 17.1 Å². The van der Waals surface area contributed by atoms with E-state index in [9.17, 15) is 21.6 Å². The van der Waals surface area contributed by atoms with Crippen LogP contribution in [0.3, 0.4) is 0 Å². The first-order chi connectivity index (χ1) is 8.79. The Bertz CT molecular complexity index is 571. The van der Waals surface area contributed by atoms with Gasteiger partial charge in [-0.05, 0) is 24.1 Å². The number of hydrogen-bond acceptors (Lipinski definition) is 4. The summed E-state index contributed by atoms with van der Waals surface area (Å²) in [6.07, 6.45) is 0.117. The van der Waals surface area contributed by atoms with E-state index in [-0.39, 0.29) is 19.8 Å². The smallest absolute Gasteiger partial charge is 0.454 e. The Hall–Kier alpha value is -1.48. The van der Waals surface area contributed by atoms with Crippen molar-refractivity contribution in [3.63, 3.8) is 0 Å². The van der Waals surface area contributed by atoms with E-state index >= 15 is 0 Å². The summed E-state index contributed by atoms with van der Waals surface area (Å²) >= 11 is 0. The molecule has 106 valence electrons. The van der Waals surface area contributed by atoms with Gasteiger partial charge in [0.05, 0.1) is 0 Å². The molecule has 5 nitrogen and oxygen atoms in total. The van der Waals surface area contributed by atoms with Crippen molar-refractivity contribution < 1.29 is 31.1 Å². The van der Waals surface area contributed by atoms with Crippen molar-refractivity contribution in [2.75, 3.05) is 13.3 Å². The maximum absolute atomic E-state index is 12.1. The molecule has 1 aromatic carbocycles. The van der Waals surface area contributed by atoms with E-state index < -0.39 is 15.5 Å². The fourth-order valence-corrected chi connectivity index (χ4v) is 2.04. The zero-order valence-electron chi connectivity index (χ0n) is 9.53. The Morgan fingerprint density at radius 1 is 1.21 bits per heavy atom. The Labute approximate surface area is 107 Å². The maximum Gasteiger partial charge on any atom is 0.511 e. The van der Waals surface area contributed by atoms with Gasteiger partial charge in [0, 0.05) is 6.54 Å². The molecular weight excluding hydrogens is 287 g/mol. The zero-order valence-corrected chi connectivity index (χ0v) is 10.3. The first-order valence-electron chi connectivity index (χ1n) is 5.24. The van der Waals surface area contributed by atoms with Gasteiger partial charge in [-0.2, -0.15) is 13.2 Å². The van der Waals surface area contributed by atoms with Gasteiger partial charge in [0.2, 0.25) is 6.79 Å². The lowest BCUT2D eigenvalue weighted by Crippen LogP contribution is -2.37. The third-order valence-corrected chi connectivity index (χ3v) is 3.64. The van der Waals surface area contributed by atoms with Gasteiger partial charge < -0.3 is 9.47 Å². The molecule has 0 bridgehead atoms. The number of alkyl halides is 3. The van der Waals surface area contributed by atoms with Gasteiger partial charge in [-0.3, -0.25) is 0 Å². The summed E-state index contributed by atoms with van der Waals surface area (Å²) in [6, 6.07) is 4.86. The topological polar surface area (TPSA) is 64.6 Å². The van der Waals surface area contributed by atoms with E-state index in [0.717, 1.165) is 0 Å². The highest BCUT2D eigenvalue weighted by atomic mass is 32.2. The maximum atomic E-state index is 12.1. The van der Waals surface area contributed by atoms with E-state index in [2.05, 4.69) is 0 Å². The van der Waals surface area contributed by atoms with E-state index in [1.165, 1.54) is 4.72 Å². The first kappa shape index (κ1) is 13.9. The minimum Gasteiger partial charge on any atom is -0.454 e. The molecule has 9 heteroatoms. The highest BCUT2D eigenvalue weighted by Crippen LogP contribution is 2.32. The van der Waals surface area contributed by atoms with Gasteiger partial charge in [0.15, 0.2) is 11.5 Å². The molecule has 1 N–H and O–H groups in total. The summed E-state index contributed by atoms with van der Waals surface area (Å²) in [7, 11) is -5.29. The lowest BCUT2D eigenvalue weighted by molar-refractivity contribution is -0.0447. The van der Waals surface area contributed by atoms with E-state index in [1.807, 2.05) is 0 Å². The van der Waals surface area contributed by atoms with Gasteiger partial charge >= 0.3 is 15.5 Å². The highest BCUT2D eigenvalue weighted by Gasteiger charge is 2.45. The summed E-state index contributed by atoms with van der Waals surface area (Å²) in [6.45, 7) is -0.249. The molecule has 2 rings (SSSR count). The minimum atomic E-state index is -5.29. The van der Waals surface area contributed by atoms with Crippen molar-refractivity contribution in [2.24, 2.45) is 0 Å². The van der Waals surface area contributed by atoms with Crippen LogP contribution in [0.1, 0.15) is 5.56 Å². The normalized spacial score (nSPS) is 14.7. The number of sulfonamides is 1. The summed E-state index contributed by atoms with van der Waals surface area (Å²) in [5, 5.41) is 0. The van der Waals surface area contributed by atoms with Crippen LogP contribution in [0.2, 0.25) is 0 Å². The molecule has 0 aliphatic carbocycles. The van der Waals surface area contributed by atoms with E-state index in [4.69, 9.17) is 9.47 Å². The van der Waals surface area contributed by atoms with Crippen LogP contribution in [0.4, 0.5) is 13.2 Å². The molecule has 1 aromatic rings. The van der Waals surface area contributed by atoms with Gasteiger partial charge in [-0.1, -0.05) is 6.07 Å². The summed E-state index contributed by atoms with van der Waals surface area (Å²) in [5.74, 6) is 1.05. The second kappa shape index (κ2) is 4.89. The lowest BCUT2D eigenvalue weighted by Gasteiger charge is -2.09. The summed E-state index contributed by atoms with van der Waals surface area (Å²) < 4.78 is 69.3. The van der Waals surface area contributed by atoms with Crippen LogP contribution in [-0.4, -0.2) is 27.3 Å². The largest absolute Gasteiger partial charge is 0.511 e. The van der Waals surface area contributed by atoms with Gasteiger partial charge in [-0.15, -0.1) is 0 Å². The number of nitrogens with one attached hydrogen (secondary N) is 1. The number of fused-ring (bicyclic) bond motifs is 1. The SMILES string of the molecule is O=S(=O)(NCCc1ccc2c(c1)OCO2)C(F)(F)F. The Balaban J connectivity index is 1.94. The molecule has 0 saturated carbocycles. The highest BCUT2D eigenvalue weighted by molar-refractivity contribution is 7.90. The van der Waals surface area contributed by atoms with Crippen molar-refractivity contribution in [1.82, 2.24) is 4.72 Å². The fourth-order valence-electron chi connectivity index (χ4n) is 1.51. The van der Waals surface area contributed by atoms with Crippen molar-refractivity contribution >= 4 is 10.0 Å². The number of benzene rings is 1. The minimum absolute atomic E-state index is 0.0967.